The molecule has 118 valence electrons. The molecule has 2 atom stereocenters. The average molecular weight is 310 g/mol. The van der Waals surface area contributed by atoms with E-state index in [0.29, 0.717) is 17.4 Å². The highest BCUT2D eigenvalue weighted by Crippen LogP contribution is 2.21. The van der Waals surface area contributed by atoms with E-state index in [1.54, 1.807) is 0 Å². The number of hydrogen-bond acceptors (Lipinski definition) is 4. The van der Waals surface area contributed by atoms with Gasteiger partial charge in [0, 0.05) is 33.8 Å². The van der Waals surface area contributed by atoms with E-state index in [1.165, 1.54) is 5.56 Å². The molecule has 0 saturated carbocycles. The van der Waals surface area contributed by atoms with Crippen molar-refractivity contribution < 1.29 is 8.95 Å². The smallest absolute Gasteiger partial charge is 0.119 e. The molecule has 1 aromatic carbocycles. The highest BCUT2D eigenvalue weighted by Gasteiger charge is 2.27. The third kappa shape index (κ3) is 5.00. The van der Waals surface area contributed by atoms with Crippen molar-refractivity contribution in [2.24, 2.45) is 5.92 Å². The van der Waals surface area contributed by atoms with Crippen LogP contribution >= 0.6 is 0 Å². The van der Waals surface area contributed by atoms with Gasteiger partial charge >= 0.3 is 0 Å². The fraction of sp³-hybridized carbons (Fsp3) is 0.625. The lowest BCUT2D eigenvalue weighted by Gasteiger charge is -2.23. The Kier molecular flexibility index (Phi) is 5.27. The molecule has 1 fully saturated rings. The van der Waals surface area contributed by atoms with Gasteiger partial charge in [0.15, 0.2) is 0 Å². The summed E-state index contributed by atoms with van der Waals surface area (Å²) in [6, 6.07) is 8.42. The van der Waals surface area contributed by atoms with Crippen molar-refractivity contribution in [3.05, 3.63) is 29.8 Å². The van der Waals surface area contributed by atoms with Crippen molar-refractivity contribution in [2.75, 3.05) is 25.2 Å². The van der Waals surface area contributed by atoms with Crippen molar-refractivity contribution in [2.45, 2.75) is 32.9 Å². The molecule has 0 aromatic heterocycles. The predicted molar refractivity (Wildman–Crippen MR) is 87.2 cm³/mol. The molecule has 1 N–H and O–H groups in total. The summed E-state index contributed by atoms with van der Waals surface area (Å²) in [5, 5.41) is 0. The van der Waals surface area contributed by atoms with Crippen LogP contribution in [0.15, 0.2) is 24.3 Å². The standard InChI is InChI=1S/C16H26N2O2S/c1-13(2)11-20-16-6-4-5-14(9-16)10-18(3)15-7-8-21(17,19)12-15/h4-6,9,13,15,17H,7-8,10-12H2,1-3H3. The number of rotatable bonds is 6. The molecule has 1 heterocycles. The largest absolute Gasteiger partial charge is 0.493 e. The summed E-state index contributed by atoms with van der Waals surface area (Å²) in [7, 11) is -0.277. The van der Waals surface area contributed by atoms with E-state index in [-0.39, 0.29) is 6.04 Å². The normalized spacial score (nSPS) is 25.7. The van der Waals surface area contributed by atoms with Crippen molar-refractivity contribution in [3.8, 4) is 5.75 Å². The Bertz CT molecular complexity index is 569. The Balaban J connectivity index is 1.94. The summed E-state index contributed by atoms with van der Waals surface area (Å²) in [5.41, 5.74) is 1.20. The van der Waals surface area contributed by atoms with E-state index < -0.39 is 9.73 Å². The van der Waals surface area contributed by atoms with Gasteiger partial charge in [-0.15, -0.1) is 0 Å². The summed E-state index contributed by atoms with van der Waals surface area (Å²) in [5.74, 6) is 2.47. The summed E-state index contributed by atoms with van der Waals surface area (Å²) in [4.78, 5) is 2.21. The Morgan fingerprint density at radius 1 is 1.48 bits per heavy atom. The lowest BCUT2D eigenvalue weighted by molar-refractivity contribution is 0.251. The molecule has 0 radical (unpaired) electrons. The van der Waals surface area contributed by atoms with E-state index in [1.807, 2.05) is 19.2 Å². The van der Waals surface area contributed by atoms with Crippen LogP contribution in [0.3, 0.4) is 0 Å². The number of nitrogens with one attached hydrogen (secondary N) is 1. The van der Waals surface area contributed by atoms with Crippen LogP contribution in [-0.2, 0) is 16.3 Å². The fourth-order valence-electron chi connectivity index (χ4n) is 2.57. The topological polar surface area (TPSA) is 53.4 Å². The highest BCUT2D eigenvalue weighted by atomic mass is 32.2. The molecule has 2 rings (SSSR count). The molecule has 2 unspecified atom stereocenters. The van der Waals surface area contributed by atoms with E-state index in [0.717, 1.165) is 25.3 Å². The molecule has 1 saturated heterocycles. The Hall–Kier alpha value is -1.07. The van der Waals surface area contributed by atoms with Crippen LogP contribution in [0, 0.1) is 10.7 Å². The van der Waals surface area contributed by atoms with Crippen LogP contribution in [0.5, 0.6) is 5.75 Å². The molecule has 5 heteroatoms. The zero-order chi connectivity index (χ0) is 15.5. The molecule has 0 spiro atoms. The number of hydrogen-bond donors (Lipinski definition) is 1. The molecule has 0 aliphatic carbocycles. The maximum Gasteiger partial charge on any atom is 0.119 e. The maximum atomic E-state index is 11.8. The van der Waals surface area contributed by atoms with Crippen LogP contribution in [0.25, 0.3) is 0 Å². The third-order valence-corrected chi connectivity index (χ3v) is 5.60. The first-order valence-corrected chi connectivity index (χ1v) is 9.41. The quantitative estimate of drug-likeness (QED) is 0.879. The zero-order valence-electron chi connectivity index (χ0n) is 13.2. The molecular formula is C16H26N2O2S. The lowest BCUT2D eigenvalue weighted by Crippen LogP contribution is -2.31. The molecule has 4 nitrogen and oxygen atoms in total. The van der Waals surface area contributed by atoms with E-state index >= 15 is 0 Å². The molecule has 1 aliphatic heterocycles. The van der Waals surface area contributed by atoms with Gasteiger partial charge in [-0.05, 0) is 37.1 Å². The average Bonchev–Trinajstić information content (AvgIpc) is 2.77. The molecule has 0 bridgehead atoms. The lowest BCUT2D eigenvalue weighted by atomic mass is 10.1. The number of nitrogens with zero attached hydrogens (tertiary/aromatic N) is 1. The first-order chi connectivity index (χ1) is 9.85. The Morgan fingerprint density at radius 2 is 2.24 bits per heavy atom. The van der Waals surface area contributed by atoms with Gasteiger partial charge in [0.05, 0.1) is 6.61 Å². The number of benzene rings is 1. The van der Waals surface area contributed by atoms with Crippen LogP contribution in [-0.4, -0.2) is 40.3 Å². The van der Waals surface area contributed by atoms with E-state index in [2.05, 4.69) is 30.9 Å². The Morgan fingerprint density at radius 3 is 2.86 bits per heavy atom. The van der Waals surface area contributed by atoms with Crippen LogP contribution in [0.2, 0.25) is 0 Å². The predicted octanol–water partition coefficient (Wildman–Crippen LogP) is 2.97. The van der Waals surface area contributed by atoms with Gasteiger partial charge in [-0.1, -0.05) is 26.0 Å². The summed E-state index contributed by atoms with van der Waals surface area (Å²) < 4.78 is 25.2. The van der Waals surface area contributed by atoms with Gasteiger partial charge in [-0.25, -0.2) is 4.21 Å². The minimum Gasteiger partial charge on any atom is -0.493 e. The van der Waals surface area contributed by atoms with Gasteiger partial charge in [0.2, 0.25) is 0 Å². The summed E-state index contributed by atoms with van der Waals surface area (Å²) >= 11 is 0. The molecule has 1 aliphatic rings. The monoisotopic (exact) mass is 310 g/mol. The van der Waals surface area contributed by atoms with Crippen LogP contribution in [0.4, 0.5) is 0 Å². The van der Waals surface area contributed by atoms with E-state index in [4.69, 9.17) is 9.52 Å². The number of ether oxygens (including phenoxy) is 1. The summed E-state index contributed by atoms with van der Waals surface area (Å²) in [6.07, 6.45) is 0.863. The van der Waals surface area contributed by atoms with Gasteiger partial charge in [-0.3, -0.25) is 9.68 Å². The third-order valence-electron chi connectivity index (χ3n) is 3.78. The Labute approximate surface area is 128 Å². The minimum absolute atomic E-state index is 0.259. The zero-order valence-corrected chi connectivity index (χ0v) is 14.0. The molecule has 0 amide bonds. The van der Waals surface area contributed by atoms with Gasteiger partial charge in [0.25, 0.3) is 0 Å². The first kappa shape index (κ1) is 16.3. The minimum atomic E-state index is -2.33. The second-order valence-corrected chi connectivity index (χ2v) is 8.76. The first-order valence-electron chi connectivity index (χ1n) is 7.52. The maximum absolute atomic E-state index is 11.8. The molecule has 1 aromatic rings. The molecule has 21 heavy (non-hydrogen) atoms. The van der Waals surface area contributed by atoms with Crippen molar-refractivity contribution in [1.82, 2.24) is 4.90 Å². The second kappa shape index (κ2) is 6.79. The fourth-order valence-corrected chi connectivity index (χ4v) is 4.43. The van der Waals surface area contributed by atoms with Crippen molar-refractivity contribution in [3.63, 3.8) is 0 Å². The van der Waals surface area contributed by atoms with Crippen molar-refractivity contribution in [1.29, 1.82) is 4.78 Å². The van der Waals surface area contributed by atoms with Gasteiger partial charge in [-0.2, -0.15) is 0 Å². The van der Waals surface area contributed by atoms with Crippen LogP contribution in [0.1, 0.15) is 25.8 Å². The van der Waals surface area contributed by atoms with Crippen LogP contribution < -0.4 is 4.74 Å². The van der Waals surface area contributed by atoms with Gasteiger partial charge < -0.3 is 4.74 Å². The molecular weight excluding hydrogens is 284 g/mol. The summed E-state index contributed by atoms with van der Waals surface area (Å²) in [6.45, 7) is 5.80. The second-order valence-electron chi connectivity index (χ2n) is 6.39. The van der Waals surface area contributed by atoms with Crippen molar-refractivity contribution >= 4 is 9.73 Å². The highest BCUT2D eigenvalue weighted by molar-refractivity contribution is 7.92. The van der Waals surface area contributed by atoms with E-state index in [9.17, 15) is 4.21 Å². The SMILES string of the molecule is CC(C)COc1cccc(CN(C)C2CCS(=N)(=O)C2)c1. The van der Waals surface area contributed by atoms with Gasteiger partial charge in [0.1, 0.15) is 5.75 Å².